The van der Waals surface area contributed by atoms with Crippen LogP contribution in [0.3, 0.4) is 0 Å². The Bertz CT molecular complexity index is 580. The van der Waals surface area contributed by atoms with Crippen LogP contribution in [0.1, 0.15) is 5.56 Å². The average Bonchev–Trinajstić information content (AvgIpc) is 2.65. The minimum absolute atomic E-state index is 0.0242. The average molecular weight is 294 g/mol. The predicted molar refractivity (Wildman–Crippen MR) is 64.9 cm³/mol. The molecule has 0 saturated carbocycles. The van der Waals surface area contributed by atoms with E-state index in [9.17, 15) is 18.3 Å². The Hall–Kier alpha value is -1.24. The lowest BCUT2D eigenvalue weighted by Crippen LogP contribution is -2.17. The number of benzene rings is 1. The predicted octanol–water partition coefficient (Wildman–Crippen LogP) is 3.32. The van der Waals surface area contributed by atoms with Gasteiger partial charge in [-0.2, -0.15) is 0 Å². The Kier molecular flexibility index (Phi) is 4.03. The van der Waals surface area contributed by atoms with Gasteiger partial charge in [0.1, 0.15) is 0 Å². The zero-order chi connectivity index (χ0) is 14.0. The monoisotopic (exact) mass is 293 g/mol. The van der Waals surface area contributed by atoms with Crippen LogP contribution in [0.4, 0.5) is 13.2 Å². The normalized spacial score (nSPS) is 12.3. The van der Waals surface area contributed by atoms with E-state index in [-0.39, 0.29) is 13.2 Å². The third-order valence-corrected chi connectivity index (χ3v) is 2.93. The van der Waals surface area contributed by atoms with Crippen LogP contribution in [-0.2, 0) is 17.9 Å². The van der Waals surface area contributed by atoms with E-state index in [1.165, 1.54) is 0 Å². The van der Waals surface area contributed by atoms with Gasteiger partial charge in [-0.25, -0.2) is 0 Å². The molecular weight excluding hydrogens is 283 g/mol. The van der Waals surface area contributed by atoms with Crippen molar-refractivity contribution in [3.63, 3.8) is 0 Å². The van der Waals surface area contributed by atoms with E-state index in [0.717, 1.165) is 5.39 Å². The van der Waals surface area contributed by atoms with Gasteiger partial charge < -0.3 is 9.67 Å². The van der Waals surface area contributed by atoms with Crippen molar-refractivity contribution >= 4 is 22.5 Å². The summed E-state index contributed by atoms with van der Waals surface area (Å²) < 4.78 is 41.1. The number of aliphatic hydroxyl groups excluding tert-OH is 1. The van der Waals surface area contributed by atoms with E-state index in [1.807, 2.05) is 0 Å². The van der Waals surface area contributed by atoms with Gasteiger partial charge in [-0.15, -0.1) is 13.2 Å². The molecule has 1 N–H and O–H groups in total. The summed E-state index contributed by atoms with van der Waals surface area (Å²) in [5.41, 5.74) is 1.31. The van der Waals surface area contributed by atoms with Crippen LogP contribution in [-0.4, -0.2) is 22.6 Å². The van der Waals surface area contributed by atoms with Crippen LogP contribution < -0.4 is 0 Å². The fraction of sp³-hybridized carbons (Fsp3) is 0.333. The van der Waals surface area contributed by atoms with Gasteiger partial charge in [0.15, 0.2) is 0 Å². The number of hydrogen-bond acceptors (Lipinski definition) is 2. The molecule has 2 aromatic rings. The Labute approximate surface area is 112 Å². The summed E-state index contributed by atoms with van der Waals surface area (Å²) >= 11 is 5.86. The lowest BCUT2D eigenvalue weighted by molar-refractivity contribution is -0.325. The molecule has 0 spiro atoms. The van der Waals surface area contributed by atoms with Gasteiger partial charge in [0.05, 0.1) is 13.2 Å². The fourth-order valence-electron chi connectivity index (χ4n) is 1.91. The highest BCUT2D eigenvalue weighted by molar-refractivity contribution is 6.31. The largest absolute Gasteiger partial charge is 0.522 e. The summed E-state index contributed by atoms with van der Waals surface area (Å²) in [6, 6.07) is 5.04. The van der Waals surface area contributed by atoms with Gasteiger partial charge in [0.25, 0.3) is 0 Å². The molecule has 7 heteroatoms. The molecule has 1 aromatic heterocycles. The summed E-state index contributed by atoms with van der Waals surface area (Å²) in [6.07, 6.45) is -3.04. The van der Waals surface area contributed by atoms with Crippen molar-refractivity contribution in [3.05, 3.63) is 35.0 Å². The minimum atomic E-state index is -4.64. The number of halogens is 4. The van der Waals surface area contributed by atoms with E-state index in [4.69, 9.17) is 11.6 Å². The third kappa shape index (κ3) is 3.40. The molecule has 0 saturated heterocycles. The SMILES string of the molecule is OCc1cn(CCOC(F)(F)F)c2cc(Cl)ccc12. The van der Waals surface area contributed by atoms with E-state index in [2.05, 4.69) is 4.74 Å². The second-order valence-electron chi connectivity index (χ2n) is 3.96. The van der Waals surface area contributed by atoms with Crippen molar-refractivity contribution in [2.24, 2.45) is 0 Å². The molecule has 19 heavy (non-hydrogen) atoms. The first-order valence-corrected chi connectivity index (χ1v) is 5.87. The Morgan fingerprint density at radius 1 is 1.32 bits per heavy atom. The smallest absolute Gasteiger partial charge is 0.392 e. The van der Waals surface area contributed by atoms with Crippen molar-refractivity contribution < 1.29 is 23.0 Å². The molecule has 0 aliphatic heterocycles. The zero-order valence-corrected chi connectivity index (χ0v) is 10.5. The topological polar surface area (TPSA) is 34.4 Å². The van der Waals surface area contributed by atoms with Crippen molar-refractivity contribution in [3.8, 4) is 0 Å². The molecule has 0 unspecified atom stereocenters. The lowest BCUT2D eigenvalue weighted by atomic mass is 10.2. The molecule has 0 radical (unpaired) electrons. The van der Waals surface area contributed by atoms with E-state index in [1.54, 1.807) is 29.0 Å². The molecule has 0 aliphatic rings. The molecule has 0 atom stereocenters. The summed E-state index contributed by atoms with van der Waals surface area (Å²) in [5.74, 6) is 0. The standard InChI is InChI=1S/C12H11ClF3NO2/c13-9-1-2-10-8(7-18)6-17(11(10)5-9)3-4-19-12(14,15)16/h1-2,5-6,18H,3-4,7H2. The second kappa shape index (κ2) is 5.40. The van der Waals surface area contributed by atoms with Gasteiger partial charge in [-0.05, 0) is 12.1 Å². The van der Waals surface area contributed by atoms with Gasteiger partial charge in [0.2, 0.25) is 0 Å². The van der Waals surface area contributed by atoms with Gasteiger partial charge >= 0.3 is 6.36 Å². The molecular formula is C12H11ClF3NO2. The summed E-state index contributed by atoms with van der Waals surface area (Å²) in [7, 11) is 0. The highest BCUT2D eigenvalue weighted by atomic mass is 35.5. The highest BCUT2D eigenvalue weighted by Gasteiger charge is 2.28. The maximum absolute atomic E-state index is 11.9. The Morgan fingerprint density at radius 3 is 2.68 bits per heavy atom. The van der Waals surface area contributed by atoms with Crippen LogP contribution in [0.5, 0.6) is 0 Å². The van der Waals surface area contributed by atoms with Crippen molar-refractivity contribution in [2.75, 3.05) is 6.61 Å². The Morgan fingerprint density at radius 2 is 2.05 bits per heavy atom. The van der Waals surface area contributed by atoms with E-state index >= 15 is 0 Å². The molecule has 0 amide bonds. The number of fused-ring (bicyclic) bond motifs is 1. The minimum Gasteiger partial charge on any atom is -0.392 e. The number of hydrogen-bond donors (Lipinski definition) is 1. The summed E-state index contributed by atoms with van der Waals surface area (Å²) in [6.45, 7) is -0.660. The first-order valence-electron chi connectivity index (χ1n) is 5.49. The molecule has 2 rings (SSSR count). The van der Waals surface area contributed by atoms with E-state index < -0.39 is 13.0 Å². The number of rotatable bonds is 4. The van der Waals surface area contributed by atoms with Gasteiger partial charge in [0, 0.05) is 34.2 Å². The van der Waals surface area contributed by atoms with E-state index in [0.29, 0.717) is 16.1 Å². The number of aromatic nitrogens is 1. The van der Waals surface area contributed by atoms with Crippen LogP contribution >= 0.6 is 11.6 Å². The molecule has 0 aliphatic carbocycles. The van der Waals surface area contributed by atoms with Crippen LogP contribution in [0.25, 0.3) is 10.9 Å². The molecule has 1 aromatic carbocycles. The molecule has 0 bridgehead atoms. The molecule has 3 nitrogen and oxygen atoms in total. The van der Waals surface area contributed by atoms with Crippen LogP contribution in [0.15, 0.2) is 24.4 Å². The summed E-state index contributed by atoms with van der Waals surface area (Å²) in [5, 5.41) is 10.5. The maximum Gasteiger partial charge on any atom is 0.522 e. The molecule has 104 valence electrons. The summed E-state index contributed by atoms with van der Waals surface area (Å²) in [4.78, 5) is 0. The van der Waals surface area contributed by atoms with Crippen molar-refractivity contribution in [2.45, 2.75) is 19.5 Å². The first kappa shape index (κ1) is 14.2. The second-order valence-corrected chi connectivity index (χ2v) is 4.40. The van der Waals surface area contributed by atoms with Gasteiger partial charge in [-0.3, -0.25) is 4.74 Å². The van der Waals surface area contributed by atoms with Crippen molar-refractivity contribution in [1.82, 2.24) is 4.57 Å². The quantitative estimate of drug-likeness (QED) is 0.938. The fourth-order valence-corrected chi connectivity index (χ4v) is 2.08. The molecule has 0 fully saturated rings. The number of nitrogens with zero attached hydrogens (tertiary/aromatic N) is 1. The van der Waals surface area contributed by atoms with Gasteiger partial charge in [-0.1, -0.05) is 17.7 Å². The van der Waals surface area contributed by atoms with Crippen LogP contribution in [0.2, 0.25) is 5.02 Å². The third-order valence-electron chi connectivity index (χ3n) is 2.70. The van der Waals surface area contributed by atoms with Crippen molar-refractivity contribution in [1.29, 1.82) is 0 Å². The number of aliphatic hydroxyl groups is 1. The first-order chi connectivity index (χ1) is 8.90. The highest BCUT2D eigenvalue weighted by Crippen LogP contribution is 2.25. The lowest BCUT2D eigenvalue weighted by Gasteiger charge is -2.09. The van der Waals surface area contributed by atoms with Crippen LogP contribution in [0, 0.1) is 0 Å². The number of ether oxygens (including phenoxy) is 1. The molecule has 1 heterocycles. The number of alkyl halides is 3. The maximum atomic E-state index is 11.9. The zero-order valence-electron chi connectivity index (χ0n) is 9.75. The Balaban J connectivity index is 2.25.